The van der Waals surface area contributed by atoms with Crippen molar-refractivity contribution in [3.63, 3.8) is 0 Å². The number of benzene rings is 1. The van der Waals surface area contributed by atoms with Crippen LogP contribution in [0.2, 0.25) is 0 Å². The molecule has 1 fully saturated rings. The molecule has 4 N–H and O–H groups in total. The maximum Gasteiger partial charge on any atom is 0.238 e. The highest BCUT2D eigenvalue weighted by Crippen LogP contribution is 2.11. The number of aliphatic hydroxyl groups is 1. The third-order valence-corrected chi connectivity index (χ3v) is 3.60. The van der Waals surface area contributed by atoms with Crippen molar-refractivity contribution in [1.82, 2.24) is 4.90 Å². The van der Waals surface area contributed by atoms with E-state index in [1.165, 1.54) is 0 Å². The molecule has 1 saturated heterocycles. The second kappa shape index (κ2) is 7.46. The van der Waals surface area contributed by atoms with Gasteiger partial charge in [-0.05, 0) is 24.3 Å². The van der Waals surface area contributed by atoms with E-state index in [2.05, 4.69) is 5.32 Å². The molecule has 1 heterocycles. The van der Waals surface area contributed by atoms with Crippen LogP contribution < -0.4 is 11.1 Å². The lowest BCUT2D eigenvalue weighted by molar-refractivity contribution is -0.120. The largest absolute Gasteiger partial charge is 0.395 e. The Bertz CT molecular complexity index is 507. The zero-order chi connectivity index (χ0) is 15.2. The molecule has 0 bridgehead atoms. The number of nitrogens with two attached hydrogens (primary N) is 1. The summed E-state index contributed by atoms with van der Waals surface area (Å²) in [4.78, 5) is 14.3. The number of amides is 1. The zero-order valence-electron chi connectivity index (χ0n) is 11.6. The van der Waals surface area contributed by atoms with E-state index in [1.807, 2.05) is 4.90 Å². The lowest BCUT2D eigenvalue weighted by Gasteiger charge is -2.33. The van der Waals surface area contributed by atoms with E-state index in [9.17, 15) is 9.90 Å². The Morgan fingerprint density at radius 1 is 1.48 bits per heavy atom. The number of ether oxygens (including phenoxy) is 1. The number of nitrogens with zero attached hydrogens (tertiary/aromatic N) is 1. The molecule has 1 unspecified atom stereocenters. The van der Waals surface area contributed by atoms with Gasteiger partial charge in [-0.15, -0.1) is 0 Å². The Morgan fingerprint density at radius 3 is 2.81 bits per heavy atom. The van der Waals surface area contributed by atoms with Crippen LogP contribution in [0.15, 0.2) is 24.3 Å². The molecule has 1 aromatic rings. The summed E-state index contributed by atoms with van der Waals surface area (Å²) in [6.07, 6.45) is 0. The van der Waals surface area contributed by atoms with Gasteiger partial charge in [0, 0.05) is 17.8 Å². The third kappa shape index (κ3) is 4.47. The van der Waals surface area contributed by atoms with E-state index in [-0.39, 0.29) is 25.1 Å². The molecule has 2 rings (SSSR count). The second-order valence-electron chi connectivity index (χ2n) is 4.87. The Kier molecular flexibility index (Phi) is 5.63. The summed E-state index contributed by atoms with van der Waals surface area (Å²) < 4.78 is 5.28. The van der Waals surface area contributed by atoms with Crippen molar-refractivity contribution >= 4 is 28.8 Å². The van der Waals surface area contributed by atoms with E-state index in [1.54, 1.807) is 24.3 Å². The number of anilines is 1. The van der Waals surface area contributed by atoms with Gasteiger partial charge in [0.15, 0.2) is 0 Å². The first kappa shape index (κ1) is 15.8. The van der Waals surface area contributed by atoms with Gasteiger partial charge in [-0.25, -0.2) is 0 Å². The quantitative estimate of drug-likeness (QED) is 0.661. The molecule has 0 aliphatic carbocycles. The number of carbonyl (C=O) groups is 1. The van der Waals surface area contributed by atoms with Crippen molar-refractivity contribution in [2.75, 3.05) is 38.2 Å². The summed E-state index contributed by atoms with van der Waals surface area (Å²) in [5, 5.41) is 12.1. The van der Waals surface area contributed by atoms with Crippen LogP contribution in [0, 0.1) is 0 Å². The van der Waals surface area contributed by atoms with Crippen LogP contribution >= 0.6 is 12.2 Å². The summed E-state index contributed by atoms with van der Waals surface area (Å²) in [5.41, 5.74) is 6.97. The zero-order valence-corrected chi connectivity index (χ0v) is 12.4. The van der Waals surface area contributed by atoms with Crippen molar-refractivity contribution in [3.05, 3.63) is 29.8 Å². The normalized spacial score (nSPS) is 19.2. The van der Waals surface area contributed by atoms with Crippen LogP contribution in [0.25, 0.3) is 0 Å². The Balaban J connectivity index is 1.90. The fourth-order valence-electron chi connectivity index (χ4n) is 2.17. The smallest absolute Gasteiger partial charge is 0.238 e. The highest BCUT2D eigenvalue weighted by molar-refractivity contribution is 7.80. The number of morpholine rings is 1. The van der Waals surface area contributed by atoms with Crippen molar-refractivity contribution in [1.29, 1.82) is 0 Å². The molecular weight excluding hydrogens is 290 g/mol. The molecule has 1 aromatic carbocycles. The average Bonchev–Trinajstić information content (AvgIpc) is 2.48. The van der Waals surface area contributed by atoms with E-state index < -0.39 is 0 Å². The molecule has 114 valence electrons. The lowest BCUT2D eigenvalue weighted by atomic mass is 10.2. The predicted octanol–water partition coefficient (Wildman–Crippen LogP) is -0.0476. The van der Waals surface area contributed by atoms with Crippen molar-refractivity contribution in [2.24, 2.45) is 5.73 Å². The minimum absolute atomic E-state index is 0.0179. The van der Waals surface area contributed by atoms with E-state index in [4.69, 9.17) is 22.7 Å². The number of aliphatic hydroxyl groups excluding tert-OH is 1. The standard InChI is InChI=1S/C14H19N3O3S/c15-14(21)10-1-3-11(4-2-10)16-13(19)7-17-5-6-20-9-12(17)8-18/h1-4,12,18H,5-9H2,(H2,15,21)(H,16,19). The minimum atomic E-state index is -0.126. The molecule has 7 heteroatoms. The Morgan fingerprint density at radius 2 is 2.19 bits per heavy atom. The fourth-order valence-corrected chi connectivity index (χ4v) is 2.30. The lowest BCUT2D eigenvalue weighted by Crippen LogP contribution is -2.50. The monoisotopic (exact) mass is 309 g/mol. The average molecular weight is 309 g/mol. The van der Waals surface area contributed by atoms with Gasteiger partial charge < -0.3 is 20.9 Å². The van der Waals surface area contributed by atoms with Gasteiger partial charge in [0.1, 0.15) is 4.99 Å². The van der Waals surface area contributed by atoms with E-state index in [0.29, 0.717) is 30.4 Å². The summed E-state index contributed by atoms with van der Waals surface area (Å²) in [6.45, 7) is 1.87. The number of nitrogens with one attached hydrogen (secondary N) is 1. The molecule has 21 heavy (non-hydrogen) atoms. The molecular formula is C14H19N3O3S. The number of thiocarbonyl (C=S) groups is 1. The molecule has 0 spiro atoms. The maximum absolute atomic E-state index is 12.0. The Hall–Kier alpha value is -1.54. The topological polar surface area (TPSA) is 87.8 Å². The van der Waals surface area contributed by atoms with E-state index >= 15 is 0 Å². The predicted molar refractivity (Wildman–Crippen MR) is 84.2 cm³/mol. The van der Waals surface area contributed by atoms with Gasteiger partial charge in [-0.1, -0.05) is 12.2 Å². The first-order valence-corrected chi connectivity index (χ1v) is 7.13. The van der Waals surface area contributed by atoms with Crippen LogP contribution in [0.5, 0.6) is 0 Å². The molecule has 0 radical (unpaired) electrons. The van der Waals surface area contributed by atoms with Crippen LogP contribution in [-0.2, 0) is 9.53 Å². The molecule has 6 nitrogen and oxygen atoms in total. The highest BCUT2D eigenvalue weighted by Gasteiger charge is 2.24. The molecule has 1 aliphatic rings. The third-order valence-electron chi connectivity index (χ3n) is 3.36. The van der Waals surface area contributed by atoms with Gasteiger partial charge >= 0.3 is 0 Å². The van der Waals surface area contributed by atoms with Crippen molar-refractivity contribution < 1.29 is 14.6 Å². The maximum atomic E-state index is 12.0. The molecule has 1 amide bonds. The van der Waals surface area contributed by atoms with Crippen molar-refractivity contribution in [3.8, 4) is 0 Å². The van der Waals surface area contributed by atoms with E-state index in [0.717, 1.165) is 5.56 Å². The SMILES string of the molecule is NC(=S)c1ccc(NC(=O)CN2CCOCC2CO)cc1. The summed E-state index contributed by atoms with van der Waals surface area (Å²) in [5.74, 6) is -0.126. The number of carbonyl (C=O) groups excluding carboxylic acids is 1. The Labute approximate surface area is 128 Å². The summed E-state index contributed by atoms with van der Waals surface area (Å²) in [6, 6.07) is 6.93. The minimum Gasteiger partial charge on any atom is -0.395 e. The van der Waals surface area contributed by atoms with Crippen LogP contribution in [0.1, 0.15) is 5.56 Å². The summed E-state index contributed by atoms with van der Waals surface area (Å²) >= 11 is 4.88. The molecule has 1 atom stereocenters. The molecule has 0 saturated carbocycles. The highest BCUT2D eigenvalue weighted by atomic mass is 32.1. The van der Waals surface area contributed by atoms with Gasteiger partial charge in [0.2, 0.25) is 5.91 Å². The second-order valence-corrected chi connectivity index (χ2v) is 5.31. The van der Waals surface area contributed by atoms with Crippen LogP contribution in [0.3, 0.4) is 0 Å². The molecule has 0 aromatic heterocycles. The van der Waals surface area contributed by atoms with Gasteiger partial charge in [0.25, 0.3) is 0 Å². The van der Waals surface area contributed by atoms with Gasteiger partial charge in [0.05, 0.1) is 32.4 Å². The number of rotatable bonds is 5. The number of hydrogen-bond acceptors (Lipinski definition) is 5. The van der Waals surface area contributed by atoms with Crippen LogP contribution in [-0.4, -0.2) is 59.9 Å². The van der Waals surface area contributed by atoms with Gasteiger partial charge in [-0.3, -0.25) is 9.69 Å². The van der Waals surface area contributed by atoms with Gasteiger partial charge in [-0.2, -0.15) is 0 Å². The fraction of sp³-hybridized carbons (Fsp3) is 0.429. The first-order chi connectivity index (χ1) is 10.1. The number of hydrogen-bond donors (Lipinski definition) is 3. The summed E-state index contributed by atoms with van der Waals surface area (Å²) in [7, 11) is 0. The van der Waals surface area contributed by atoms with Crippen molar-refractivity contribution in [2.45, 2.75) is 6.04 Å². The molecule has 1 aliphatic heterocycles. The first-order valence-electron chi connectivity index (χ1n) is 6.72. The van der Waals surface area contributed by atoms with Crippen LogP contribution in [0.4, 0.5) is 5.69 Å².